The first-order chi connectivity index (χ1) is 17.7. The molecule has 4 rings (SSSR count). The molecule has 2 aliphatic heterocycles. The molecule has 1 saturated heterocycles. The van der Waals surface area contributed by atoms with Crippen LogP contribution >= 0.6 is 11.6 Å². The first kappa shape index (κ1) is 27.5. The maximum atomic E-state index is 13.3. The summed E-state index contributed by atoms with van der Waals surface area (Å²) in [5, 5.41) is 8.94. The summed E-state index contributed by atoms with van der Waals surface area (Å²) in [6, 6.07) is 3.81. The highest BCUT2D eigenvalue weighted by Gasteiger charge is 2.54. The van der Waals surface area contributed by atoms with E-state index < -0.39 is 17.3 Å². The van der Waals surface area contributed by atoms with Crippen LogP contribution in [-0.4, -0.2) is 66.7 Å². The van der Waals surface area contributed by atoms with Crippen molar-refractivity contribution in [2.24, 2.45) is 28.5 Å². The van der Waals surface area contributed by atoms with Gasteiger partial charge in [0.2, 0.25) is 11.8 Å². The highest BCUT2D eigenvalue weighted by molar-refractivity contribution is 6.47. The number of hydrogen-bond donors (Lipinski definition) is 4. The van der Waals surface area contributed by atoms with Crippen LogP contribution in [0.5, 0.6) is 0 Å². The van der Waals surface area contributed by atoms with E-state index in [4.69, 9.17) is 17.3 Å². The number of aliphatic imine (C=N–C) groups is 1. The molecule has 1 aromatic carbocycles. The maximum Gasteiger partial charge on any atom is 0.267 e. The Balaban J connectivity index is 1.34. The van der Waals surface area contributed by atoms with Crippen LogP contribution in [0.2, 0.25) is 5.02 Å². The Hall–Kier alpha value is -2.56. The molecule has 0 aromatic heterocycles. The van der Waals surface area contributed by atoms with Crippen LogP contribution in [-0.2, 0) is 14.4 Å². The Morgan fingerprint density at radius 2 is 1.89 bits per heavy atom. The molecule has 1 aliphatic carbocycles. The van der Waals surface area contributed by atoms with E-state index in [0.29, 0.717) is 37.9 Å². The number of carbonyl (C=O) groups is 3. The minimum Gasteiger partial charge on any atom is -0.368 e. The first-order valence-corrected chi connectivity index (χ1v) is 13.4. The molecule has 11 heteroatoms. The highest BCUT2D eigenvalue weighted by atomic mass is 35.5. The Kier molecular flexibility index (Phi) is 8.82. The van der Waals surface area contributed by atoms with Crippen LogP contribution in [0.3, 0.4) is 0 Å². The number of amides is 3. The van der Waals surface area contributed by atoms with Crippen molar-refractivity contribution in [2.45, 2.75) is 51.0 Å². The lowest BCUT2D eigenvalue weighted by Gasteiger charge is -2.39. The standard InChI is InChI=1S/C26H36ClFN6O3/c1-16-8-11-34(12-9-16)13-10-30-24(36)22-26(25(29)37,32-15-31-22)18-4-2-17(3-5-18)23(35)33-21-7-6-19(28)14-20(21)27/h6-7,14,16-18,32H,2-5,8-13,15H2,1H3,(H2,29,37)(H,30,36)(H,33,35). The van der Waals surface area contributed by atoms with E-state index in [1.54, 1.807) is 0 Å². The van der Waals surface area contributed by atoms with Gasteiger partial charge in [-0.2, -0.15) is 0 Å². The molecule has 0 bridgehead atoms. The van der Waals surface area contributed by atoms with Gasteiger partial charge in [-0.1, -0.05) is 18.5 Å². The number of primary amides is 1. The van der Waals surface area contributed by atoms with Crippen molar-refractivity contribution in [2.75, 3.05) is 38.2 Å². The van der Waals surface area contributed by atoms with E-state index in [9.17, 15) is 18.8 Å². The third kappa shape index (κ3) is 6.13. The second-order valence-corrected chi connectivity index (χ2v) is 10.9. The van der Waals surface area contributed by atoms with Gasteiger partial charge >= 0.3 is 0 Å². The summed E-state index contributed by atoms with van der Waals surface area (Å²) in [5.74, 6) is -1.52. The molecule has 0 radical (unpaired) electrons. The van der Waals surface area contributed by atoms with Crippen LogP contribution in [0.4, 0.5) is 10.1 Å². The van der Waals surface area contributed by atoms with Crippen LogP contribution in [0, 0.1) is 23.6 Å². The van der Waals surface area contributed by atoms with E-state index in [2.05, 4.69) is 32.8 Å². The molecule has 202 valence electrons. The average Bonchev–Trinajstić information content (AvgIpc) is 3.33. The minimum absolute atomic E-state index is 0.131. The van der Waals surface area contributed by atoms with Gasteiger partial charge in [-0.25, -0.2) is 4.39 Å². The molecular weight excluding hydrogens is 499 g/mol. The summed E-state index contributed by atoms with van der Waals surface area (Å²) < 4.78 is 13.3. The van der Waals surface area contributed by atoms with Crippen LogP contribution in [0.25, 0.3) is 0 Å². The number of likely N-dealkylation sites (tertiary alicyclic amines) is 1. The Bertz CT molecular complexity index is 1050. The zero-order valence-corrected chi connectivity index (χ0v) is 22.0. The van der Waals surface area contributed by atoms with E-state index in [0.717, 1.165) is 44.5 Å². The molecule has 1 aromatic rings. The number of nitrogens with two attached hydrogens (primary N) is 1. The Morgan fingerprint density at radius 3 is 2.54 bits per heavy atom. The van der Waals surface area contributed by atoms with Gasteiger partial charge in [-0.3, -0.25) is 24.7 Å². The zero-order valence-electron chi connectivity index (χ0n) is 21.2. The van der Waals surface area contributed by atoms with Gasteiger partial charge in [-0.15, -0.1) is 0 Å². The second-order valence-electron chi connectivity index (χ2n) is 10.5. The summed E-state index contributed by atoms with van der Waals surface area (Å²) in [6.45, 7) is 5.67. The third-order valence-corrected chi connectivity index (χ3v) is 8.37. The predicted octanol–water partition coefficient (Wildman–Crippen LogP) is 2.30. The number of carbonyl (C=O) groups excluding carboxylic acids is 3. The van der Waals surface area contributed by atoms with Crippen molar-refractivity contribution in [3.8, 4) is 0 Å². The largest absolute Gasteiger partial charge is 0.368 e. The molecule has 1 atom stereocenters. The molecule has 1 unspecified atom stereocenters. The van der Waals surface area contributed by atoms with Crippen LogP contribution in [0.15, 0.2) is 23.2 Å². The summed E-state index contributed by atoms with van der Waals surface area (Å²) in [7, 11) is 0. The van der Waals surface area contributed by atoms with Crippen molar-refractivity contribution in [3.05, 3.63) is 29.0 Å². The molecule has 9 nitrogen and oxygen atoms in total. The minimum atomic E-state index is -1.35. The number of halogens is 2. The van der Waals surface area contributed by atoms with Gasteiger partial charge in [0.25, 0.3) is 5.91 Å². The molecule has 0 spiro atoms. The average molecular weight is 535 g/mol. The summed E-state index contributed by atoms with van der Waals surface area (Å²) >= 11 is 6.04. The Morgan fingerprint density at radius 1 is 1.19 bits per heavy atom. The summed E-state index contributed by atoms with van der Waals surface area (Å²) in [6.07, 6.45) is 4.37. The molecule has 1 saturated carbocycles. The third-order valence-electron chi connectivity index (χ3n) is 8.06. The van der Waals surface area contributed by atoms with Gasteiger partial charge in [0.05, 0.1) is 17.4 Å². The van der Waals surface area contributed by atoms with Crippen molar-refractivity contribution in [1.82, 2.24) is 15.5 Å². The fraction of sp³-hybridized carbons (Fsp3) is 0.615. The van der Waals surface area contributed by atoms with Gasteiger partial charge < -0.3 is 21.3 Å². The summed E-state index contributed by atoms with van der Waals surface area (Å²) in [5.41, 5.74) is 5.02. The molecular formula is C26H36ClFN6O3. The highest BCUT2D eigenvalue weighted by Crippen LogP contribution is 2.38. The molecule has 2 fully saturated rings. The maximum absolute atomic E-state index is 13.3. The fourth-order valence-electron chi connectivity index (χ4n) is 5.76. The molecule has 2 heterocycles. The van der Waals surface area contributed by atoms with Gasteiger partial charge in [0.15, 0.2) is 0 Å². The number of rotatable bonds is 8. The van der Waals surface area contributed by atoms with E-state index in [-0.39, 0.29) is 41.1 Å². The van der Waals surface area contributed by atoms with Gasteiger partial charge in [0.1, 0.15) is 17.1 Å². The van der Waals surface area contributed by atoms with Gasteiger partial charge in [0, 0.05) is 19.0 Å². The topological polar surface area (TPSA) is 129 Å². The van der Waals surface area contributed by atoms with E-state index in [1.165, 1.54) is 12.1 Å². The second kappa shape index (κ2) is 11.9. The lowest BCUT2D eigenvalue weighted by atomic mass is 9.69. The smallest absolute Gasteiger partial charge is 0.267 e. The lowest BCUT2D eigenvalue weighted by molar-refractivity contribution is -0.126. The fourth-order valence-corrected chi connectivity index (χ4v) is 5.97. The molecule has 3 aliphatic rings. The number of nitrogens with zero attached hydrogens (tertiary/aromatic N) is 2. The first-order valence-electron chi connectivity index (χ1n) is 13.1. The zero-order chi connectivity index (χ0) is 26.6. The monoisotopic (exact) mass is 534 g/mol. The van der Waals surface area contributed by atoms with Crippen LogP contribution in [0.1, 0.15) is 45.4 Å². The van der Waals surface area contributed by atoms with Gasteiger partial charge in [-0.05, 0) is 81.6 Å². The van der Waals surface area contributed by atoms with Crippen molar-refractivity contribution in [3.63, 3.8) is 0 Å². The number of anilines is 1. The molecule has 5 N–H and O–H groups in total. The number of benzene rings is 1. The van der Waals surface area contributed by atoms with Crippen molar-refractivity contribution < 1.29 is 18.8 Å². The predicted molar refractivity (Wildman–Crippen MR) is 141 cm³/mol. The van der Waals surface area contributed by atoms with Crippen molar-refractivity contribution in [1.29, 1.82) is 0 Å². The SMILES string of the molecule is CC1CCN(CCNC(=O)C2=NCNC2(C(N)=O)C2CCC(C(=O)Nc3ccc(F)cc3Cl)CC2)CC1. The van der Waals surface area contributed by atoms with Crippen molar-refractivity contribution >= 4 is 40.7 Å². The molecule has 37 heavy (non-hydrogen) atoms. The Labute approximate surface area is 221 Å². The summed E-state index contributed by atoms with van der Waals surface area (Å²) in [4.78, 5) is 45.4. The number of hydrogen-bond acceptors (Lipinski definition) is 6. The quantitative estimate of drug-likeness (QED) is 0.407. The van der Waals surface area contributed by atoms with E-state index in [1.807, 2.05) is 0 Å². The number of piperidine rings is 1. The number of nitrogens with one attached hydrogen (secondary N) is 3. The van der Waals surface area contributed by atoms with E-state index >= 15 is 0 Å². The lowest BCUT2D eigenvalue weighted by Crippen LogP contribution is -2.66. The normalized spacial score (nSPS) is 26.9. The van der Waals surface area contributed by atoms with Crippen LogP contribution < -0.4 is 21.7 Å². The molecule has 3 amide bonds.